The van der Waals surface area contributed by atoms with Crippen molar-refractivity contribution in [2.24, 2.45) is 0 Å². The summed E-state index contributed by atoms with van der Waals surface area (Å²) in [6.45, 7) is 0.251. The smallest absolute Gasteiger partial charge is 0.292 e. The molecule has 2 aromatic rings. The monoisotopic (exact) mass is 315 g/mol. The fraction of sp³-hybridized carbons (Fsp3) is 0.0588. The van der Waals surface area contributed by atoms with Gasteiger partial charge in [0.2, 0.25) is 5.78 Å². The van der Waals surface area contributed by atoms with Crippen molar-refractivity contribution in [3.63, 3.8) is 0 Å². The van der Waals surface area contributed by atoms with Crippen molar-refractivity contribution in [2.75, 3.05) is 0 Å². The molecule has 0 aliphatic carbocycles. The third-order valence-corrected chi connectivity index (χ3v) is 3.18. The van der Waals surface area contributed by atoms with Crippen LogP contribution in [-0.2, 0) is 16.1 Å². The summed E-state index contributed by atoms with van der Waals surface area (Å²) >= 11 is 5.74. The Hall–Kier alpha value is -2.59. The first-order valence-electron chi connectivity index (χ1n) is 6.59. The molecule has 0 aromatic heterocycles. The van der Waals surface area contributed by atoms with E-state index in [0.29, 0.717) is 10.6 Å². The van der Waals surface area contributed by atoms with E-state index in [1.807, 2.05) is 30.3 Å². The van der Waals surface area contributed by atoms with Gasteiger partial charge in [0.1, 0.15) is 5.76 Å². The van der Waals surface area contributed by atoms with Crippen molar-refractivity contribution in [1.29, 1.82) is 0 Å². The Morgan fingerprint density at radius 1 is 1.05 bits per heavy atom. The summed E-state index contributed by atoms with van der Waals surface area (Å²) in [7, 11) is 0. The van der Waals surface area contributed by atoms with Crippen molar-refractivity contribution in [3.8, 4) is 0 Å². The van der Waals surface area contributed by atoms with Gasteiger partial charge in [-0.2, -0.15) is 0 Å². The maximum Gasteiger partial charge on any atom is 0.292 e. The Labute approximate surface area is 133 Å². The fourth-order valence-corrected chi connectivity index (χ4v) is 1.89. The summed E-state index contributed by atoms with van der Waals surface area (Å²) in [6, 6.07) is 15.5. The molecule has 0 unspecified atom stereocenters. The number of carbonyl (C=O) groups is 2. The molecule has 5 heteroatoms. The average molecular weight is 316 g/mol. The number of rotatable bonds is 5. The van der Waals surface area contributed by atoms with Crippen molar-refractivity contribution >= 4 is 29.1 Å². The first-order chi connectivity index (χ1) is 10.6. The molecule has 0 saturated heterocycles. The topological polar surface area (TPSA) is 66.4 Å². The molecule has 2 aromatic carbocycles. The summed E-state index contributed by atoms with van der Waals surface area (Å²) in [6.07, 6.45) is 0.892. The number of nitrogens with one attached hydrogen (secondary N) is 1. The molecule has 0 bridgehead atoms. The molecule has 2 N–H and O–H groups in total. The van der Waals surface area contributed by atoms with Gasteiger partial charge in [-0.1, -0.05) is 41.9 Å². The van der Waals surface area contributed by atoms with E-state index in [1.54, 1.807) is 24.3 Å². The molecule has 0 saturated carbocycles. The van der Waals surface area contributed by atoms with Crippen LogP contribution in [0.5, 0.6) is 0 Å². The summed E-state index contributed by atoms with van der Waals surface area (Å²) in [5.41, 5.74) is 1.29. The number of carbonyl (C=O) groups excluding carboxylic acids is 2. The highest BCUT2D eigenvalue weighted by atomic mass is 35.5. The summed E-state index contributed by atoms with van der Waals surface area (Å²) in [5.74, 6) is -1.87. The molecular formula is C17H14ClNO3. The lowest BCUT2D eigenvalue weighted by atomic mass is 10.1. The molecule has 0 heterocycles. The van der Waals surface area contributed by atoms with Gasteiger partial charge >= 0.3 is 0 Å². The quantitative estimate of drug-likeness (QED) is 0.506. The molecule has 4 nitrogen and oxygen atoms in total. The molecule has 0 atom stereocenters. The third kappa shape index (κ3) is 4.46. The molecular weight excluding hydrogens is 302 g/mol. The predicted octanol–water partition coefficient (Wildman–Crippen LogP) is 3.12. The van der Waals surface area contributed by atoms with Crippen LogP contribution in [0.3, 0.4) is 0 Å². The molecule has 0 aliphatic heterocycles. The van der Waals surface area contributed by atoms with Crippen molar-refractivity contribution < 1.29 is 14.7 Å². The third-order valence-electron chi connectivity index (χ3n) is 2.93. The van der Waals surface area contributed by atoms with E-state index < -0.39 is 11.7 Å². The SMILES string of the molecule is O=C(C=C(O)c1ccc(Cl)cc1)C(=O)NCc1ccccc1. The lowest BCUT2D eigenvalue weighted by molar-refractivity contribution is -0.135. The van der Waals surface area contributed by atoms with E-state index in [0.717, 1.165) is 11.6 Å². The first kappa shape index (κ1) is 15.8. The zero-order valence-corrected chi connectivity index (χ0v) is 12.4. The molecule has 0 aliphatic rings. The van der Waals surface area contributed by atoms with Crippen LogP contribution in [0.2, 0.25) is 5.02 Å². The number of ketones is 1. The molecule has 22 heavy (non-hydrogen) atoms. The predicted molar refractivity (Wildman–Crippen MR) is 85.4 cm³/mol. The highest BCUT2D eigenvalue weighted by Gasteiger charge is 2.12. The fourth-order valence-electron chi connectivity index (χ4n) is 1.76. The minimum Gasteiger partial charge on any atom is -0.507 e. The van der Waals surface area contributed by atoms with E-state index >= 15 is 0 Å². The van der Waals surface area contributed by atoms with Gasteiger partial charge < -0.3 is 10.4 Å². The zero-order valence-electron chi connectivity index (χ0n) is 11.6. The van der Waals surface area contributed by atoms with Crippen LogP contribution >= 0.6 is 11.6 Å². The van der Waals surface area contributed by atoms with Crippen LogP contribution in [0.25, 0.3) is 5.76 Å². The van der Waals surface area contributed by atoms with Gasteiger partial charge in [-0.3, -0.25) is 9.59 Å². The average Bonchev–Trinajstić information content (AvgIpc) is 2.54. The summed E-state index contributed by atoms with van der Waals surface area (Å²) in [4.78, 5) is 23.4. The van der Waals surface area contributed by atoms with E-state index in [4.69, 9.17) is 11.6 Å². The van der Waals surface area contributed by atoms with Crippen LogP contribution in [0, 0.1) is 0 Å². The molecule has 0 radical (unpaired) electrons. The summed E-state index contributed by atoms with van der Waals surface area (Å²) in [5, 5.41) is 12.8. The zero-order chi connectivity index (χ0) is 15.9. The van der Waals surface area contributed by atoms with Crippen LogP contribution < -0.4 is 5.32 Å². The number of benzene rings is 2. The lowest BCUT2D eigenvalue weighted by Crippen LogP contribution is -2.29. The van der Waals surface area contributed by atoms with Crippen molar-refractivity contribution in [3.05, 3.63) is 76.8 Å². The van der Waals surface area contributed by atoms with E-state index in [9.17, 15) is 14.7 Å². The van der Waals surface area contributed by atoms with Gasteiger partial charge in [0.25, 0.3) is 5.91 Å². The number of halogens is 1. The molecule has 112 valence electrons. The molecule has 1 amide bonds. The van der Waals surface area contributed by atoms with Gasteiger partial charge in [0.15, 0.2) is 0 Å². The highest BCUT2D eigenvalue weighted by Crippen LogP contribution is 2.15. The second-order valence-corrected chi connectivity index (χ2v) is 5.01. The maximum absolute atomic E-state index is 11.7. The Balaban J connectivity index is 1.97. The number of hydrogen-bond donors (Lipinski definition) is 2. The van der Waals surface area contributed by atoms with Crippen LogP contribution in [0.15, 0.2) is 60.7 Å². The number of aliphatic hydroxyl groups is 1. The molecule has 2 rings (SSSR count). The lowest BCUT2D eigenvalue weighted by Gasteiger charge is -2.03. The standard InChI is InChI=1S/C17H14ClNO3/c18-14-8-6-13(7-9-14)15(20)10-16(21)17(22)19-11-12-4-2-1-3-5-12/h1-10,20H,11H2,(H,19,22). The van der Waals surface area contributed by atoms with Gasteiger partial charge in [-0.25, -0.2) is 0 Å². The Kier molecular flexibility index (Phi) is 5.33. The highest BCUT2D eigenvalue weighted by molar-refractivity contribution is 6.41. The minimum atomic E-state index is -0.816. The molecule has 0 spiro atoms. The Morgan fingerprint density at radius 2 is 1.68 bits per heavy atom. The summed E-state index contributed by atoms with van der Waals surface area (Å²) < 4.78 is 0. The van der Waals surface area contributed by atoms with E-state index in [-0.39, 0.29) is 12.3 Å². The van der Waals surface area contributed by atoms with Crippen LogP contribution in [0.4, 0.5) is 0 Å². The number of hydrogen-bond acceptors (Lipinski definition) is 3. The second-order valence-electron chi connectivity index (χ2n) is 4.57. The van der Waals surface area contributed by atoms with Crippen molar-refractivity contribution in [2.45, 2.75) is 6.54 Å². The van der Waals surface area contributed by atoms with Gasteiger partial charge in [-0.05, 0) is 29.8 Å². The van der Waals surface area contributed by atoms with Crippen LogP contribution in [0.1, 0.15) is 11.1 Å². The van der Waals surface area contributed by atoms with Crippen LogP contribution in [-0.4, -0.2) is 16.8 Å². The Morgan fingerprint density at radius 3 is 2.32 bits per heavy atom. The van der Waals surface area contributed by atoms with Gasteiger partial charge in [-0.15, -0.1) is 0 Å². The van der Waals surface area contributed by atoms with Crippen molar-refractivity contribution in [1.82, 2.24) is 5.32 Å². The minimum absolute atomic E-state index is 0.251. The Bertz CT molecular complexity index is 694. The number of amides is 1. The van der Waals surface area contributed by atoms with E-state index in [2.05, 4.69) is 5.32 Å². The first-order valence-corrected chi connectivity index (χ1v) is 6.97. The molecule has 0 fully saturated rings. The van der Waals surface area contributed by atoms with E-state index in [1.165, 1.54) is 0 Å². The van der Waals surface area contributed by atoms with Gasteiger partial charge in [0.05, 0.1) is 0 Å². The number of aliphatic hydroxyl groups excluding tert-OH is 1. The largest absolute Gasteiger partial charge is 0.507 e. The second kappa shape index (κ2) is 7.43. The van der Waals surface area contributed by atoms with Gasteiger partial charge in [0, 0.05) is 23.2 Å². The maximum atomic E-state index is 11.7. The normalized spacial score (nSPS) is 11.0.